The van der Waals surface area contributed by atoms with Crippen LogP contribution in [0.2, 0.25) is 0 Å². The molecule has 0 aliphatic heterocycles. The molecule has 0 N–H and O–H groups in total. The van der Waals surface area contributed by atoms with Gasteiger partial charge in [0.2, 0.25) is 0 Å². The number of carbonyl (C=O) groups excluding carboxylic acids is 1. The van der Waals surface area contributed by atoms with Crippen molar-refractivity contribution in [3.05, 3.63) is 12.7 Å². The molecule has 0 saturated heterocycles. The molecule has 0 aliphatic carbocycles. The number of hydrogen-bond donors (Lipinski definition) is 0. The normalized spacial score (nSPS) is 13.3. The van der Waals surface area contributed by atoms with Gasteiger partial charge >= 0.3 is 6.16 Å². The Morgan fingerprint density at radius 2 is 2.00 bits per heavy atom. The lowest BCUT2D eigenvalue weighted by atomic mass is 10.2. The van der Waals surface area contributed by atoms with Gasteiger partial charge in [0.15, 0.2) is 0 Å². The van der Waals surface area contributed by atoms with Gasteiger partial charge in [-0.15, -0.1) is 0 Å². The second kappa shape index (κ2) is 4.14. The van der Waals surface area contributed by atoms with E-state index in [1.807, 2.05) is 0 Å². The van der Waals surface area contributed by atoms with Gasteiger partial charge in [-0.1, -0.05) is 12.7 Å². The van der Waals surface area contributed by atoms with Gasteiger partial charge in [0.1, 0.15) is 11.7 Å². The fourth-order valence-electron chi connectivity index (χ4n) is 0.474. The van der Waals surface area contributed by atoms with Crippen LogP contribution in [0, 0.1) is 0 Å². The molecule has 0 bridgehead atoms. The third kappa shape index (κ3) is 5.77. The summed E-state index contributed by atoms with van der Waals surface area (Å²) >= 11 is 0. The van der Waals surface area contributed by atoms with Crippen LogP contribution in [0.4, 0.5) is 4.79 Å². The Labute approximate surface area is 73.4 Å². The summed E-state index contributed by atoms with van der Waals surface area (Å²) < 4.78 is 9.70. The standard InChI is InChI=1S/C9H16O3/c1-6-7(2)11-8(10)12-9(3,4)5/h6-7H,1H2,2-5H3. The average molecular weight is 172 g/mol. The molecule has 0 rings (SSSR count). The van der Waals surface area contributed by atoms with Crippen LogP contribution in [0.1, 0.15) is 27.7 Å². The third-order valence-corrected chi connectivity index (χ3v) is 1.00. The first-order chi connectivity index (χ1) is 5.35. The summed E-state index contributed by atoms with van der Waals surface area (Å²) in [6.45, 7) is 10.6. The molecule has 3 nitrogen and oxygen atoms in total. The minimum Gasteiger partial charge on any atom is -0.429 e. The van der Waals surface area contributed by atoms with Crippen LogP contribution in [-0.4, -0.2) is 17.9 Å². The fourth-order valence-corrected chi connectivity index (χ4v) is 0.474. The van der Waals surface area contributed by atoms with E-state index >= 15 is 0 Å². The topological polar surface area (TPSA) is 35.5 Å². The maximum Gasteiger partial charge on any atom is 0.509 e. The zero-order chi connectivity index (χ0) is 9.78. The maximum absolute atomic E-state index is 10.9. The van der Waals surface area contributed by atoms with E-state index in [0.717, 1.165) is 0 Å². The molecular weight excluding hydrogens is 156 g/mol. The first-order valence-corrected chi connectivity index (χ1v) is 3.87. The van der Waals surface area contributed by atoms with Crippen molar-refractivity contribution in [3.8, 4) is 0 Å². The quantitative estimate of drug-likeness (QED) is 0.474. The summed E-state index contributed by atoms with van der Waals surface area (Å²) in [4.78, 5) is 10.9. The van der Waals surface area contributed by atoms with Crippen LogP contribution in [0.5, 0.6) is 0 Å². The average Bonchev–Trinajstić information content (AvgIpc) is 1.82. The lowest BCUT2D eigenvalue weighted by molar-refractivity contribution is -0.0154. The van der Waals surface area contributed by atoms with Gasteiger partial charge < -0.3 is 9.47 Å². The van der Waals surface area contributed by atoms with Gasteiger partial charge in [0.25, 0.3) is 0 Å². The van der Waals surface area contributed by atoms with Crippen molar-refractivity contribution >= 4 is 6.16 Å². The van der Waals surface area contributed by atoms with Crippen molar-refractivity contribution in [2.45, 2.75) is 39.4 Å². The number of hydrogen-bond acceptors (Lipinski definition) is 3. The summed E-state index contributed by atoms with van der Waals surface area (Å²) in [6.07, 6.45) is 0.568. The van der Waals surface area contributed by atoms with Gasteiger partial charge in [-0.25, -0.2) is 4.79 Å². The van der Waals surface area contributed by atoms with Crippen LogP contribution < -0.4 is 0 Å². The number of ether oxygens (including phenoxy) is 2. The Morgan fingerprint density at radius 1 is 1.50 bits per heavy atom. The highest BCUT2D eigenvalue weighted by molar-refractivity contribution is 5.60. The number of rotatable bonds is 2. The van der Waals surface area contributed by atoms with Crippen molar-refractivity contribution in [3.63, 3.8) is 0 Å². The van der Waals surface area contributed by atoms with Crippen molar-refractivity contribution in [2.24, 2.45) is 0 Å². The second-order valence-electron chi connectivity index (χ2n) is 3.52. The highest BCUT2D eigenvalue weighted by Gasteiger charge is 2.18. The first kappa shape index (κ1) is 11.0. The fraction of sp³-hybridized carbons (Fsp3) is 0.667. The van der Waals surface area contributed by atoms with E-state index in [2.05, 4.69) is 6.58 Å². The zero-order valence-corrected chi connectivity index (χ0v) is 8.09. The van der Waals surface area contributed by atoms with E-state index in [-0.39, 0.29) is 6.10 Å². The molecule has 0 spiro atoms. The summed E-state index contributed by atoms with van der Waals surface area (Å²) in [6, 6.07) is 0. The first-order valence-electron chi connectivity index (χ1n) is 3.87. The SMILES string of the molecule is C=CC(C)OC(=O)OC(C)(C)C. The number of carbonyl (C=O) groups is 1. The van der Waals surface area contributed by atoms with Gasteiger partial charge in [0.05, 0.1) is 0 Å². The zero-order valence-electron chi connectivity index (χ0n) is 8.09. The Morgan fingerprint density at radius 3 is 2.33 bits per heavy atom. The lowest BCUT2D eigenvalue weighted by Gasteiger charge is -2.19. The largest absolute Gasteiger partial charge is 0.509 e. The molecule has 3 heteroatoms. The summed E-state index contributed by atoms with van der Waals surface area (Å²) in [7, 11) is 0. The molecule has 0 aromatic carbocycles. The molecule has 1 atom stereocenters. The summed E-state index contributed by atoms with van der Waals surface area (Å²) in [5.74, 6) is 0. The Balaban J connectivity index is 3.82. The van der Waals surface area contributed by atoms with Crippen LogP contribution in [-0.2, 0) is 9.47 Å². The van der Waals surface area contributed by atoms with Crippen molar-refractivity contribution in [2.75, 3.05) is 0 Å². The Kier molecular flexibility index (Phi) is 3.80. The summed E-state index contributed by atoms with van der Waals surface area (Å²) in [5, 5.41) is 0. The third-order valence-electron chi connectivity index (χ3n) is 1.00. The molecule has 12 heavy (non-hydrogen) atoms. The van der Waals surface area contributed by atoms with Gasteiger partial charge in [-0.2, -0.15) is 0 Å². The van der Waals surface area contributed by atoms with Crippen LogP contribution >= 0.6 is 0 Å². The predicted molar refractivity (Wildman–Crippen MR) is 47.0 cm³/mol. The minimum atomic E-state index is -0.658. The van der Waals surface area contributed by atoms with E-state index in [4.69, 9.17) is 9.47 Å². The predicted octanol–water partition coefficient (Wildman–Crippen LogP) is 2.51. The molecule has 0 aliphatic rings. The molecule has 0 amide bonds. The highest BCUT2D eigenvalue weighted by atomic mass is 16.7. The molecule has 0 fully saturated rings. The molecule has 0 radical (unpaired) electrons. The van der Waals surface area contributed by atoms with E-state index in [1.54, 1.807) is 27.7 Å². The minimum absolute atomic E-state index is 0.306. The van der Waals surface area contributed by atoms with E-state index < -0.39 is 11.8 Å². The van der Waals surface area contributed by atoms with E-state index in [0.29, 0.717) is 0 Å². The maximum atomic E-state index is 10.9. The van der Waals surface area contributed by atoms with E-state index in [9.17, 15) is 4.79 Å². The molecule has 0 aromatic heterocycles. The highest BCUT2D eigenvalue weighted by Crippen LogP contribution is 2.09. The Bertz CT molecular complexity index is 167. The molecule has 1 unspecified atom stereocenters. The van der Waals surface area contributed by atoms with Crippen LogP contribution in [0.25, 0.3) is 0 Å². The van der Waals surface area contributed by atoms with Gasteiger partial charge in [-0.05, 0) is 27.7 Å². The molecule has 0 saturated carbocycles. The monoisotopic (exact) mass is 172 g/mol. The van der Waals surface area contributed by atoms with Gasteiger partial charge in [-0.3, -0.25) is 0 Å². The molecular formula is C9H16O3. The smallest absolute Gasteiger partial charge is 0.429 e. The van der Waals surface area contributed by atoms with Crippen LogP contribution in [0.3, 0.4) is 0 Å². The molecule has 0 aromatic rings. The Hall–Kier alpha value is -0.990. The van der Waals surface area contributed by atoms with Gasteiger partial charge in [0, 0.05) is 0 Å². The summed E-state index contributed by atoms with van der Waals surface area (Å²) in [5.41, 5.74) is -0.502. The lowest BCUT2D eigenvalue weighted by Crippen LogP contribution is -2.26. The second-order valence-corrected chi connectivity index (χ2v) is 3.52. The van der Waals surface area contributed by atoms with Crippen molar-refractivity contribution in [1.29, 1.82) is 0 Å². The molecule has 70 valence electrons. The van der Waals surface area contributed by atoms with Crippen LogP contribution in [0.15, 0.2) is 12.7 Å². The van der Waals surface area contributed by atoms with E-state index in [1.165, 1.54) is 6.08 Å². The molecule has 0 heterocycles. The van der Waals surface area contributed by atoms with Crippen molar-refractivity contribution in [1.82, 2.24) is 0 Å². The van der Waals surface area contributed by atoms with Crippen molar-refractivity contribution < 1.29 is 14.3 Å².